The van der Waals surface area contributed by atoms with Crippen LogP contribution in [0.15, 0.2) is 12.2 Å². The lowest BCUT2D eigenvalue weighted by Crippen LogP contribution is -2.62. The Hall–Kier alpha value is -0.340. The van der Waals surface area contributed by atoms with Crippen molar-refractivity contribution in [1.82, 2.24) is 5.32 Å². The first-order valence-corrected chi connectivity index (χ1v) is 7.02. The zero-order chi connectivity index (χ0) is 12.5. The van der Waals surface area contributed by atoms with E-state index in [1.807, 2.05) is 0 Å². The van der Waals surface area contributed by atoms with Crippen molar-refractivity contribution < 1.29 is 4.74 Å². The summed E-state index contributed by atoms with van der Waals surface area (Å²) in [5.41, 5.74) is 0.289. The maximum absolute atomic E-state index is 5.99. The Morgan fingerprint density at radius 1 is 1.29 bits per heavy atom. The summed E-state index contributed by atoms with van der Waals surface area (Å²) in [5.74, 6) is 0.636. The molecule has 2 heteroatoms. The van der Waals surface area contributed by atoms with Crippen molar-refractivity contribution >= 4 is 0 Å². The predicted molar refractivity (Wildman–Crippen MR) is 72.1 cm³/mol. The molecule has 0 bridgehead atoms. The van der Waals surface area contributed by atoms with Gasteiger partial charge < -0.3 is 10.1 Å². The Bertz CT molecular complexity index is 275. The molecule has 17 heavy (non-hydrogen) atoms. The minimum absolute atomic E-state index is 0.289. The third kappa shape index (κ3) is 2.92. The van der Waals surface area contributed by atoms with E-state index in [-0.39, 0.29) is 5.41 Å². The lowest BCUT2D eigenvalue weighted by Gasteiger charge is -2.53. The summed E-state index contributed by atoms with van der Waals surface area (Å²) in [6.45, 7) is 9.99. The smallest absolute Gasteiger partial charge is 0.0656 e. The Morgan fingerprint density at radius 3 is 2.47 bits per heavy atom. The fourth-order valence-electron chi connectivity index (χ4n) is 2.80. The highest BCUT2D eigenvalue weighted by atomic mass is 16.5. The molecule has 0 saturated heterocycles. The van der Waals surface area contributed by atoms with Gasteiger partial charge in [0.25, 0.3) is 0 Å². The molecule has 0 aromatic heterocycles. The Labute approximate surface area is 106 Å². The van der Waals surface area contributed by atoms with Crippen molar-refractivity contribution in [1.29, 1.82) is 0 Å². The summed E-state index contributed by atoms with van der Waals surface area (Å²) in [7, 11) is 0. The van der Waals surface area contributed by atoms with Crippen LogP contribution in [0.3, 0.4) is 0 Å². The minimum atomic E-state index is 0.289. The van der Waals surface area contributed by atoms with Crippen LogP contribution in [-0.4, -0.2) is 24.8 Å². The number of nitrogens with one attached hydrogen (secondary N) is 1. The van der Waals surface area contributed by atoms with E-state index >= 15 is 0 Å². The van der Waals surface area contributed by atoms with Gasteiger partial charge in [-0.3, -0.25) is 0 Å². The zero-order valence-corrected chi connectivity index (χ0v) is 11.7. The molecule has 0 heterocycles. The molecule has 0 aromatic rings. The van der Waals surface area contributed by atoms with Crippen LogP contribution in [0.5, 0.6) is 0 Å². The number of rotatable bonds is 5. The Morgan fingerprint density at radius 2 is 1.94 bits per heavy atom. The average Bonchev–Trinajstić information content (AvgIpc) is 2.74. The third-order valence-electron chi connectivity index (χ3n) is 4.25. The van der Waals surface area contributed by atoms with Crippen molar-refractivity contribution in [2.75, 3.05) is 6.61 Å². The van der Waals surface area contributed by atoms with Crippen LogP contribution in [0.2, 0.25) is 0 Å². The van der Waals surface area contributed by atoms with E-state index in [1.54, 1.807) is 0 Å². The Balaban J connectivity index is 1.76. The van der Waals surface area contributed by atoms with E-state index in [0.29, 0.717) is 24.1 Å². The number of hydrogen-bond donors (Lipinski definition) is 1. The van der Waals surface area contributed by atoms with Gasteiger partial charge in [-0.25, -0.2) is 0 Å². The summed E-state index contributed by atoms with van der Waals surface area (Å²) < 4.78 is 5.99. The zero-order valence-electron chi connectivity index (χ0n) is 11.7. The molecule has 0 spiro atoms. The normalized spacial score (nSPS) is 32.1. The van der Waals surface area contributed by atoms with E-state index in [9.17, 15) is 0 Å². The fraction of sp³-hybridized carbons (Fsp3) is 0.867. The van der Waals surface area contributed by atoms with Crippen molar-refractivity contribution in [2.45, 2.75) is 65.1 Å². The van der Waals surface area contributed by atoms with Gasteiger partial charge in [0, 0.05) is 24.1 Å². The van der Waals surface area contributed by atoms with Gasteiger partial charge in [-0.05, 0) is 25.2 Å². The monoisotopic (exact) mass is 237 g/mol. The molecule has 2 unspecified atom stereocenters. The van der Waals surface area contributed by atoms with Crippen LogP contribution in [0, 0.1) is 11.3 Å². The summed E-state index contributed by atoms with van der Waals surface area (Å²) in [4.78, 5) is 0. The Kier molecular flexibility index (Phi) is 3.94. The van der Waals surface area contributed by atoms with Gasteiger partial charge >= 0.3 is 0 Å². The molecule has 0 aromatic carbocycles. The maximum atomic E-state index is 5.99. The molecule has 2 aliphatic rings. The van der Waals surface area contributed by atoms with Crippen LogP contribution < -0.4 is 5.32 Å². The first-order valence-electron chi connectivity index (χ1n) is 7.02. The van der Waals surface area contributed by atoms with E-state index in [4.69, 9.17) is 4.74 Å². The van der Waals surface area contributed by atoms with Gasteiger partial charge in [0.15, 0.2) is 0 Å². The molecule has 2 nitrogen and oxygen atoms in total. The molecule has 1 fully saturated rings. The van der Waals surface area contributed by atoms with Crippen LogP contribution >= 0.6 is 0 Å². The molecule has 0 amide bonds. The van der Waals surface area contributed by atoms with Gasteiger partial charge in [0.05, 0.1) is 6.10 Å². The van der Waals surface area contributed by atoms with Gasteiger partial charge in [0.1, 0.15) is 0 Å². The van der Waals surface area contributed by atoms with Crippen LogP contribution in [-0.2, 0) is 4.74 Å². The molecule has 1 saturated carbocycles. The summed E-state index contributed by atoms with van der Waals surface area (Å²) in [6.07, 6.45) is 8.59. The highest BCUT2D eigenvalue weighted by Gasteiger charge is 2.49. The molecule has 1 N–H and O–H groups in total. The van der Waals surface area contributed by atoms with Crippen molar-refractivity contribution in [3.05, 3.63) is 12.2 Å². The second-order valence-corrected chi connectivity index (χ2v) is 6.63. The van der Waals surface area contributed by atoms with Gasteiger partial charge in [0.2, 0.25) is 0 Å². The molecular weight excluding hydrogens is 210 g/mol. The molecule has 2 aliphatic carbocycles. The SMILES string of the molecule is CC(C)COC1CC(NC2CC=CC2)C1(C)C. The molecule has 98 valence electrons. The lowest BCUT2D eigenvalue weighted by molar-refractivity contribution is -0.125. The molecule has 2 rings (SSSR count). The molecule has 2 atom stereocenters. The summed E-state index contributed by atoms with van der Waals surface area (Å²) in [6, 6.07) is 1.30. The quantitative estimate of drug-likeness (QED) is 0.742. The van der Waals surface area contributed by atoms with Crippen molar-refractivity contribution in [3.63, 3.8) is 0 Å². The fourth-order valence-corrected chi connectivity index (χ4v) is 2.80. The predicted octanol–water partition coefficient (Wildman–Crippen LogP) is 3.13. The third-order valence-corrected chi connectivity index (χ3v) is 4.25. The largest absolute Gasteiger partial charge is 0.377 e. The lowest BCUT2D eigenvalue weighted by atomic mass is 9.64. The summed E-state index contributed by atoms with van der Waals surface area (Å²) >= 11 is 0. The van der Waals surface area contributed by atoms with E-state index in [1.165, 1.54) is 19.3 Å². The highest BCUT2D eigenvalue weighted by molar-refractivity contribution is 5.06. The first-order chi connectivity index (χ1) is 8.00. The second kappa shape index (κ2) is 5.11. The standard InChI is InChI=1S/C15H27NO/c1-11(2)10-17-14-9-13(15(14,3)4)16-12-7-5-6-8-12/h5-6,11-14,16H,7-10H2,1-4H3. The van der Waals surface area contributed by atoms with Gasteiger partial charge in [-0.15, -0.1) is 0 Å². The van der Waals surface area contributed by atoms with E-state index in [2.05, 4.69) is 45.2 Å². The first kappa shape index (κ1) is 13.1. The summed E-state index contributed by atoms with van der Waals surface area (Å²) in [5, 5.41) is 3.78. The van der Waals surface area contributed by atoms with Crippen LogP contribution in [0.1, 0.15) is 47.0 Å². The average molecular weight is 237 g/mol. The van der Waals surface area contributed by atoms with Gasteiger partial charge in [-0.1, -0.05) is 39.8 Å². The molecular formula is C15H27NO. The number of ether oxygens (including phenoxy) is 1. The minimum Gasteiger partial charge on any atom is -0.377 e. The topological polar surface area (TPSA) is 21.3 Å². The van der Waals surface area contributed by atoms with Crippen molar-refractivity contribution in [2.24, 2.45) is 11.3 Å². The van der Waals surface area contributed by atoms with E-state index in [0.717, 1.165) is 6.61 Å². The van der Waals surface area contributed by atoms with Gasteiger partial charge in [-0.2, -0.15) is 0 Å². The molecule has 0 aliphatic heterocycles. The molecule has 0 radical (unpaired) electrons. The second-order valence-electron chi connectivity index (χ2n) is 6.63. The van der Waals surface area contributed by atoms with Crippen LogP contribution in [0.4, 0.5) is 0 Å². The number of hydrogen-bond acceptors (Lipinski definition) is 2. The van der Waals surface area contributed by atoms with Crippen LogP contribution in [0.25, 0.3) is 0 Å². The van der Waals surface area contributed by atoms with E-state index < -0.39 is 0 Å². The highest BCUT2D eigenvalue weighted by Crippen LogP contribution is 2.43. The maximum Gasteiger partial charge on any atom is 0.0656 e. The van der Waals surface area contributed by atoms with Crippen molar-refractivity contribution in [3.8, 4) is 0 Å².